The Kier molecular flexibility index (Phi) is 4.81. The third-order valence-electron chi connectivity index (χ3n) is 4.55. The van der Waals surface area contributed by atoms with Crippen LogP contribution in [0.4, 0.5) is 0 Å². The number of carbonyl (C=O) groups is 1. The number of ether oxygens (including phenoxy) is 3. The van der Waals surface area contributed by atoms with Crippen LogP contribution in [0.25, 0.3) is 0 Å². The largest absolute Gasteiger partial charge is 0.497 e. The molecule has 2 aromatic rings. The molecular weight excluding hydrogens is 330 g/mol. The Balaban J connectivity index is 1.90. The molecule has 1 atom stereocenters. The first-order valence-electron chi connectivity index (χ1n) is 8.65. The fourth-order valence-corrected chi connectivity index (χ4v) is 3.27. The predicted molar refractivity (Wildman–Crippen MR) is 100 cm³/mol. The van der Waals surface area contributed by atoms with Gasteiger partial charge in [-0.05, 0) is 44.5 Å². The zero-order chi connectivity index (χ0) is 18.9. The van der Waals surface area contributed by atoms with Crippen LogP contribution in [0.1, 0.15) is 47.8 Å². The van der Waals surface area contributed by atoms with Crippen LogP contribution in [0.2, 0.25) is 0 Å². The molecule has 0 saturated carbocycles. The standard InChI is InChI=1S/C21H25NO4/c1-13-6-7-17-18(12-21(2,3)26-19(17)8-13)22-20(23)14-9-15(24-4)11-16(10-14)25-5/h6-11,18H,12H2,1-5H3,(H,22,23)/t18-/m1/s1. The van der Waals surface area contributed by atoms with E-state index in [4.69, 9.17) is 14.2 Å². The van der Waals surface area contributed by atoms with E-state index in [0.29, 0.717) is 23.5 Å². The van der Waals surface area contributed by atoms with E-state index in [0.717, 1.165) is 16.9 Å². The Labute approximate surface area is 154 Å². The maximum Gasteiger partial charge on any atom is 0.252 e. The molecule has 26 heavy (non-hydrogen) atoms. The molecule has 2 aromatic carbocycles. The molecule has 0 radical (unpaired) electrons. The Morgan fingerprint density at radius 3 is 2.38 bits per heavy atom. The number of hydrogen-bond acceptors (Lipinski definition) is 4. The van der Waals surface area contributed by atoms with Crippen molar-refractivity contribution in [3.05, 3.63) is 53.1 Å². The number of benzene rings is 2. The molecule has 0 spiro atoms. The molecular formula is C21H25NO4. The number of fused-ring (bicyclic) bond motifs is 1. The van der Waals surface area contributed by atoms with Crippen molar-refractivity contribution in [2.24, 2.45) is 0 Å². The highest BCUT2D eigenvalue weighted by atomic mass is 16.5. The van der Waals surface area contributed by atoms with Crippen LogP contribution in [-0.2, 0) is 0 Å². The van der Waals surface area contributed by atoms with Crippen molar-refractivity contribution in [3.63, 3.8) is 0 Å². The van der Waals surface area contributed by atoms with Crippen LogP contribution < -0.4 is 19.5 Å². The SMILES string of the molecule is COc1cc(OC)cc(C(=O)N[C@@H]2CC(C)(C)Oc3cc(C)ccc32)c1. The molecule has 1 heterocycles. The summed E-state index contributed by atoms with van der Waals surface area (Å²) < 4.78 is 16.6. The van der Waals surface area contributed by atoms with Gasteiger partial charge in [-0.15, -0.1) is 0 Å². The first kappa shape index (κ1) is 18.1. The summed E-state index contributed by atoms with van der Waals surface area (Å²) in [5.74, 6) is 1.82. The molecule has 0 fully saturated rings. The lowest BCUT2D eigenvalue weighted by Gasteiger charge is -2.38. The zero-order valence-corrected chi connectivity index (χ0v) is 15.9. The van der Waals surface area contributed by atoms with Crippen molar-refractivity contribution in [2.75, 3.05) is 14.2 Å². The van der Waals surface area contributed by atoms with Gasteiger partial charge in [-0.2, -0.15) is 0 Å². The highest BCUT2D eigenvalue weighted by Gasteiger charge is 2.34. The van der Waals surface area contributed by atoms with Gasteiger partial charge >= 0.3 is 0 Å². The van der Waals surface area contributed by atoms with Gasteiger partial charge in [-0.3, -0.25) is 4.79 Å². The number of carbonyl (C=O) groups excluding carboxylic acids is 1. The average Bonchev–Trinajstić information content (AvgIpc) is 2.59. The second kappa shape index (κ2) is 6.90. The van der Waals surface area contributed by atoms with E-state index >= 15 is 0 Å². The van der Waals surface area contributed by atoms with Crippen LogP contribution in [0, 0.1) is 6.92 Å². The van der Waals surface area contributed by atoms with Crippen LogP contribution in [-0.4, -0.2) is 25.7 Å². The van der Waals surface area contributed by atoms with E-state index in [1.165, 1.54) is 0 Å². The fraction of sp³-hybridized carbons (Fsp3) is 0.381. The summed E-state index contributed by atoms with van der Waals surface area (Å²) in [4.78, 5) is 12.9. The van der Waals surface area contributed by atoms with Crippen molar-refractivity contribution in [1.82, 2.24) is 5.32 Å². The van der Waals surface area contributed by atoms with E-state index in [2.05, 4.69) is 5.32 Å². The maximum atomic E-state index is 12.9. The smallest absolute Gasteiger partial charge is 0.252 e. The molecule has 3 rings (SSSR count). The number of hydrogen-bond donors (Lipinski definition) is 1. The summed E-state index contributed by atoms with van der Waals surface area (Å²) in [5, 5.41) is 3.14. The van der Waals surface area contributed by atoms with E-state index in [9.17, 15) is 4.79 Å². The molecule has 1 amide bonds. The topological polar surface area (TPSA) is 56.8 Å². The molecule has 0 aromatic heterocycles. The van der Waals surface area contributed by atoms with Crippen LogP contribution in [0.15, 0.2) is 36.4 Å². The molecule has 138 valence electrons. The molecule has 1 aliphatic rings. The first-order chi connectivity index (χ1) is 12.3. The zero-order valence-electron chi connectivity index (χ0n) is 15.9. The van der Waals surface area contributed by atoms with Gasteiger partial charge in [0.2, 0.25) is 0 Å². The molecule has 5 heteroatoms. The second-order valence-corrected chi connectivity index (χ2v) is 7.23. The van der Waals surface area contributed by atoms with Crippen LogP contribution >= 0.6 is 0 Å². The lowest BCUT2D eigenvalue weighted by Crippen LogP contribution is -2.41. The van der Waals surface area contributed by atoms with Crippen molar-refractivity contribution in [3.8, 4) is 17.2 Å². The van der Waals surface area contributed by atoms with Crippen LogP contribution in [0.3, 0.4) is 0 Å². The Hall–Kier alpha value is -2.69. The number of aryl methyl sites for hydroxylation is 1. The van der Waals surface area contributed by atoms with Crippen molar-refractivity contribution in [1.29, 1.82) is 0 Å². The summed E-state index contributed by atoms with van der Waals surface area (Å²) >= 11 is 0. The molecule has 0 aliphatic carbocycles. The minimum absolute atomic E-state index is 0.126. The minimum Gasteiger partial charge on any atom is -0.497 e. The highest BCUT2D eigenvalue weighted by Crippen LogP contribution is 2.40. The quantitative estimate of drug-likeness (QED) is 0.899. The maximum absolute atomic E-state index is 12.9. The number of methoxy groups -OCH3 is 2. The Bertz CT molecular complexity index is 807. The van der Waals surface area contributed by atoms with Crippen molar-refractivity contribution >= 4 is 5.91 Å². The highest BCUT2D eigenvalue weighted by molar-refractivity contribution is 5.95. The van der Waals surface area contributed by atoms with Crippen molar-refractivity contribution < 1.29 is 19.0 Å². The lowest BCUT2D eigenvalue weighted by molar-refractivity contribution is 0.0619. The van der Waals surface area contributed by atoms with E-state index in [-0.39, 0.29) is 17.6 Å². The van der Waals surface area contributed by atoms with E-state index in [1.54, 1.807) is 32.4 Å². The van der Waals surface area contributed by atoms with E-state index < -0.39 is 0 Å². The van der Waals surface area contributed by atoms with Gasteiger partial charge < -0.3 is 19.5 Å². The lowest BCUT2D eigenvalue weighted by atomic mass is 9.89. The summed E-state index contributed by atoms with van der Waals surface area (Å²) in [6.07, 6.45) is 0.690. The monoisotopic (exact) mass is 355 g/mol. The van der Waals surface area contributed by atoms with Crippen LogP contribution in [0.5, 0.6) is 17.2 Å². The third kappa shape index (κ3) is 3.77. The average molecular weight is 355 g/mol. The van der Waals surface area contributed by atoms with E-state index in [1.807, 2.05) is 39.0 Å². The van der Waals surface area contributed by atoms with Gasteiger partial charge in [0.15, 0.2) is 0 Å². The number of nitrogens with one attached hydrogen (secondary N) is 1. The third-order valence-corrected chi connectivity index (χ3v) is 4.55. The second-order valence-electron chi connectivity index (χ2n) is 7.23. The Morgan fingerprint density at radius 2 is 1.77 bits per heavy atom. The predicted octanol–water partition coefficient (Wildman–Crippen LogP) is 4.04. The minimum atomic E-state index is -0.356. The summed E-state index contributed by atoms with van der Waals surface area (Å²) in [6.45, 7) is 6.10. The molecule has 0 bridgehead atoms. The Morgan fingerprint density at radius 1 is 1.12 bits per heavy atom. The molecule has 1 N–H and O–H groups in total. The van der Waals surface area contributed by atoms with Gasteiger partial charge in [-0.25, -0.2) is 0 Å². The number of rotatable bonds is 4. The number of amides is 1. The van der Waals surface area contributed by atoms with Gasteiger partial charge in [0.05, 0.1) is 20.3 Å². The first-order valence-corrected chi connectivity index (χ1v) is 8.65. The molecule has 0 unspecified atom stereocenters. The summed E-state index contributed by atoms with van der Waals surface area (Å²) in [7, 11) is 3.13. The van der Waals surface area contributed by atoms with Gasteiger partial charge in [0.25, 0.3) is 5.91 Å². The van der Waals surface area contributed by atoms with Gasteiger partial charge in [0, 0.05) is 23.6 Å². The van der Waals surface area contributed by atoms with Crippen molar-refractivity contribution in [2.45, 2.75) is 38.8 Å². The summed E-state index contributed by atoms with van der Waals surface area (Å²) in [5.41, 5.74) is 2.27. The molecule has 1 aliphatic heterocycles. The fourth-order valence-electron chi connectivity index (χ4n) is 3.27. The van der Waals surface area contributed by atoms with Gasteiger partial charge in [-0.1, -0.05) is 12.1 Å². The summed E-state index contributed by atoms with van der Waals surface area (Å²) in [6, 6.07) is 11.1. The molecule has 0 saturated heterocycles. The normalized spacial score (nSPS) is 17.7. The molecule has 5 nitrogen and oxygen atoms in total. The van der Waals surface area contributed by atoms with Gasteiger partial charge in [0.1, 0.15) is 22.8 Å².